The fourth-order valence-electron chi connectivity index (χ4n) is 2.92. The van der Waals surface area contributed by atoms with Crippen molar-refractivity contribution in [1.82, 2.24) is 14.9 Å². The molecular formula is C20H20F2N4O3. The molecule has 0 fully saturated rings. The van der Waals surface area contributed by atoms with E-state index in [0.717, 1.165) is 12.1 Å². The van der Waals surface area contributed by atoms with Crippen LogP contribution in [-0.2, 0) is 11.3 Å². The molecule has 0 spiro atoms. The van der Waals surface area contributed by atoms with Crippen LogP contribution in [0.1, 0.15) is 18.8 Å². The lowest BCUT2D eigenvalue weighted by atomic mass is 10.2. The number of amides is 2. The van der Waals surface area contributed by atoms with E-state index < -0.39 is 23.7 Å². The molecule has 1 aromatic heterocycles. The molecule has 152 valence electrons. The highest BCUT2D eigenvalue weighted by molar-refractivity contribution is 5.89. The number of ether oxygens (including phenoxy) is 1. The summed E-state index contributed by atoms with van der Waals surface area (Å²) in [6, 6.07) is 8.34. The van der Waals surface area contributed by atoms with Gasteiger partial charge in [-0.3, -0.25) is 9.36 Å². The molecule has 7 nitrogen and oxygen atoms in total. The van der Waals surface area contributed by atoms with Crippen LogP contribution in [0.3, 0.4) is 0 Å². The first-order valence-electron chi connectivity index (χ1n) is 8.91. The molecule has 3 rings (SSSR count). The van der Waals surface area contributed by atoms with Gasteiger partial charge in [0.15, 0.2) is 0 Å². The third-order valence-corrected chi connectivity index (χ3v) is 4.32. The fraction of sp³-hybridized carbons (Fsp3) is 0.250. The lowest BCUT2D eigenvalue weighted by Gasteiger charge is -2.19. The van der Waals surface area contributed by atoms with Crippen molar-refractivity contribution in [2.24, 2.45) is 0 Å². The van der Waals surface area contributed by atoms with Gasteiger partial charge in [-0.15, -0.1) is 0 Å². The van der Waals surface area contributed by atoms with Gasteiger partial charge < -0.3 is 15.4 Å². The zero-order chi connectivity index (χ0) is 21.0. The van der Waals surface area contributed by atoms with Gasteiger partial charge in [0.1, 0.15) is 17.5 Å². The molecule has 1 heterocycles. The van der Waals surface area contributed by atoms with Crippen LogP contribution in [0.15, 0.2) is 47.3 Å². The summed E-state index contributed by atoms with van der Waals surface area (Å²) in [4.78, 5) is 29.7. The van der Waals surface area contributed by atoms with Crippen LogP contribution >= 0.6 is 0 Å². The van der Waals surface area contributed by atoms with E-state index in [1.165, 1.54) is 11.7 Å². The van der Waals surface area contributed by atoms with E-state index in [2.05, 4.69) is 15.6 Å². The number of carbonyl (C=O) groups is 1. The molecule has 1 atom stereocenters. The highest BCUT2D eigenvalue weighted by Crippen LogP contribution is 2.17. The van der Waals surface area contributed by atoms with Crippen LogP contribution in [0, 0.1) is 11.6 Å². The zero-order valence-corrected chi connectivity index (χ0v) is 15.9. The van der Waals surface area contributed by atoms with Gasteiger partial charge in [-0.1, -0.05) is 12.1 Å². The lowest BCUT2D eigenvalue weighted by molar-refractivity contribution is 0.184. The highest BCUT2D eigenvalue weighted by Gasteiger charge is 2.19. The van der Waals surface area contributed by atoms with Crippen molar-refractivity contribution in [2.45, 2.75) is 19.5 Å². The van der Waals surface area contributed by atoms with Crippen molar-refractivity contribution in [2.75, 3.05) is 19.0 Å². The fourth-order valence-corrected chi connectivity index (χ4v) is 2.92. The molecule has 0 unspecified atom stereocenters. The van der Waals surface area contributed by atoms with Crippen molar-refractivity contribution in [3.8, 4) is 0 Å². The van der Waals surface area contributed by atoms with Crippen molar-refractivity contribution < 1.29 is 18.3 Å². The van der Waals surface area contributed by atoms with Crippen LogP contribution in [-0.4, -0.2) is 29.3 Å². The smallest absolute Gasteiger partial charge is 0.319 e. The van der Waals surface area contributed by atoms with Crippen molar-refractivity contribution in [1.29, 1.82) is 0 Å². The van der Waals surface area contributed by atoms with Crippen LogP contribution in [0.5, 0.6) is 0 Å². The van der Waals surface area contributed by atoms with Crippen LogP contribution in [0.4, 0.5) is 19.3 Å². The average Bonchev–Trinajstić information content (AvgIpc) is 2.69. The molecule has 0 saturated heterocycles. The predicted octanol–water partition coefficient (Wildman–Crippen LogP) is 3.20. The Bertz CT molecular complexity index is 1100. The molecule has 2 amide bonds. The molecule has 29 heavy (non-hydrogen) atoms. The van der Waals surface area contributed by atoms with E-state index in [4.69, 9.17) is 4.74 Å². The molecule has 0 aliphatic rings. The number of halogens is 2. The van der Waals surface area contributed by atoms with Gasteiger partial charge in [0.25, 0.3) is 5.56 Å². The Labute approximate surface area is 165 Å². The number of hydrogen-bond donors (Lipinski definition) is 2. The van der Waals surface area contributed by atoms with Crippen LogP contribution < -0.4 is 16.2 Å². The Morgan fingerprint density at radius 3 is 2.72 bits per heavy atom. The summed E-state index contributed by atoms with van der Waals surface area (Å²) in [6.07, 6.45) is 0. The van der Waals surface area contributed by atoms with E-state index in [-0.39, 0.29) is 24.4 Å². The molecule has 0 saturated carbocycles. The average molecular weight is 402 g/mol. The van der Waals surface area contributed by atoms with Crippen molar-refractivity contribution in [3.05, 3.63) is 70.3 Å². The largest absolute Gasteiger partial charge is 0.383 e. The number of urea groups is 1. The SMILES string of the molecule is COCCn1c([C@@H](C)NC(=O)Nc2ccc(F)cc2F)nc2ccccc2c1=O. The minimum absolute atomic E-state index is 0.167. The minimum atomic E-state index is -0.895. The second-order valence-corrected chi connectivity index (χ2v) is 6.38. The van der Waals surface area contributed by atoms with E-state index in [0.29, 0.717) is 22.8 Å². The standard InChI is InChI=1S/C20H20F2N4O3/c1-12(23-20(28)25-17-8-7-13(21)11-15(17)22)18-24-16-6-4-3-5-14(16)19(27)26(18)9-10-29-2/h3-8,11-12H,9-10H2,1-2H3,(H2,23,25,28)/t12-/m1/s1. The van der Waals surface area contributed by atoms with Gasteiger partial charge in [0, 0.05) is 13.2 Å². The molecule has 0 bridgehead atoms. The lowest BCUT2D eigenvalue weighted by Crippen LogP contribution is -2.36. The van der Waals surface area contributed by atoms with Gasteiger partial charge in [0.2, 0.25) is 0 Å². The van der Waals surface area contributed by atoms with Gasteiger partial charge >= 0.3 is 6.03 Å². The topological polar surface area (TPSA) is 85.2 Å². The van der Waals surface area contributed by atoms with Gasteiger partial charge in [-0.25, -0.2) is 18.6 Å². The summed E-state index contributed by atoms with van der Waals surface area (Å²) in [7, 11) is 1.52. The Balaban J connectivity index is 1.88. The monoisotopic (exact) mass is 402 g/mol. The summed E-state index contributed by atoms with van der Waals surface area (Å²) < 4.78 is 33.3. The summed E-state index contributed by atoms with van der Waals surface area (Å²) in [6.45, 7) is 2.19. The molecule has 2 N–H and O–H groups in total. The van der Waals surface area contributed by atoms with Gasteiger partial charge in [0.05, 0.1) is 35.8 Å². The molecule has 9 heteroatoms. The molecule has 0 aliphatic carbocycles. The van der Waals surface area contributed by atoms with Crippen molar-refractivity contribution >= 4 is 22.6 Å². The summed E-state index contributed by atoms with van der Waals surface area (Å²) in [5.41, 5.74) is 0.0837. The first-order valence-corrected chi connectivity index (χ1v) is 8.91. The second-order valence-electron chi connectivity index (χ2n) is 6.38. The Morgan fingerprint density at radius 2 is 2.00 bits per heavy atom. The summed E-state index contributed by atoms with van der Waals surface area (Å²) >= 11 is 0. The normalized spacial score (nSPS) is 12.0. The third kappa shape index (κ3) is 4.57. The van der Waals surface area contributed by atoms with Crippen molar-refractivity contribution in [3.63, 3.8) is 0 Å². The number of fused-ring (bicyclic) bond motifs is 1. The first-order chi connectivity index (χ1) is 13.9. The summed E-state index contributed by atoms with van der Waals surface area (Å²) in [5.74, 6) is -1.31. The molecular weight excluding hydrogens is 382 g/mol. The number of methoxy groups -OCH3 is 1. The molecule has 3 aromatic rings. The number of benzene rings is 2. The first kappa shape index (κ1) is 20.4. The summed E-state index contributed by atoms with van der Waals surface area (Å²) in [5, 5.41) is 5.40. The van der Waals surface area contributed by atoms with Crippen LogP contribution in [0.2, 0.25) is 0 Å². The van der Waals surface area contributed by atoms with Gasteiger partial charge in [-0.05, 0) is 31.2 Å². The number of nitrogens with zero attached hydrogens (tertiary/aromatic N) is 2. The third-order valence-electron chi connectivity index (χ3n) is 4.32. The predicted molar refractivity (Wildman–Crippen MR) is 105 cm³/mol. The zero-order valence-electron chi connectivity index (χ0n) is 15.9. The van der Waals surface area contributed by atoms with E-state index in [9.17, 15) is 18.4 Å². The van der Waals surface area contributed by atoms with Crippen LogP contribution in [0.25, 0.3) is 10.9 Å². The Hall–Kier alpha value is -3.33. The number of rotatable bonds is 6. The van der Waals surface area contributed by atoms with Gasteiger partial charge in [-0.2, -0.15) is 0 Å². The maximum atomic E-state index is 13.7. The maximum Gasteiger partial charge on any atom is 0.319 e. The molecule has 0 aliphatic heterocycles. The quantitative estimate of drug-likeness (QED) is 0.663. The van der Waals surface area contributed by atoms with E-state index >= 15 is 0 Å². The highest BCUT2D eigenvalue weighted by atomic mass is 19.1. The number of para-hydroxylation sites is 1. The Kier molecular flexibility index (Phi) is 6.18. The number of aromatic nitrogens is 2. The Morgan fingerprint density at radius 1 is 1.24 bits per heavy atom. The second kappa shape index (κ2) is 8.78. The number of carbonyl (C=O) groups excluding carboxylic acids is 1. The number of nitrogens with one attached hydrogen (secondary N) is 2. The number of anilines is 1. The minimum Gasteiger partial charge on any atom is -0.383 e. The van der Waals surface area contributed by atoms with E-state index in [1.54, 1.807) is 31.2 Å². The van der Waals surface area contributed by atoms with E-state index in [1.807, 2.05) is 0 Å². The molecule has 2 aromatic carbocycles. The molecule has 0 radical (unpaired) electrons. The number of hydrogen-bond acceptors (Lipinski definition) is 4. The maximum absolute atomic E-state index is 13.7.